The maximum Gasteiger partial charge on any atom is 0.172 e. The van der Waals surface area contributed by atoms with Gasteiger partial charge in [-0.1, -0.05) is 16.8 Å². The SMILES string of the molecule is CCOC1CCCN(c2cc(Cl)ccc2C(N)=NO)C1. The monoisotopic (exact) mass is 297 g/mol. The first-order chi connectivity index (χ1) is 9.65. The molecule has 1 aliphatic rings. The van der Waals surface area contributed by atoms with Gasteiger partial charge in [0, 0.05) is 36.0 Å². The first-order valence-electron chi connectivity index (χ1n) is 6.79. The third-order valence-corrected chi connectivity index (χ3v) is 3.70. The van der Waals surface area contributed by atoms with E-state index in [0.29, 0.717) is 17.2 Å². The Hall–Kier alpha value is -1.46. The van der Waals surface area contributed by atoms with Crippen LogP contribution in [0.2, 0.25) is 5.02 Å². The number of nitrogens with zero attached hydrogens (tertiary/aromatic N) is 2. The highest BCUT2D eigenvalue weighted by molar-refractivity contribution is 6.31. The molecule has 0 radical (unpaired) electrons. The van der Waals surface area contributed by atoms with Crippen molar-refractivity contribution in [3.8, 4) is 0 Å². The Morgan fingerprint density at radius 3 is 3.10 bits per heavy atom. The van der Waals surface area contributed by atoms with Gasteiger partial charge < -0.3 is 20.6 Å². The molecule has 0 amide bonds. The lowest BCUT2D eigenvalue weighted by Crippen LogP contribution is -2.40. The van der Waals surface area contributed by atoms with Crippen molar-refractivity contribution in [2.45, 2.75) is 25.9 Å². The second-order valence-corrected chi connectivity index (χ2v) is 5.25. The first kappa shape index (κ1) is 14.9. The topological polar surface area (TPSA) is 71.1 Å². The van der Waals surface area contributed by atoms with Crippen LogP contribution in [0.1, 0.15) is 25.3 Å². The minimum absolute atomic E-state index is 0.0928. The van der Waals surface area contributed by atoms with E-state index in [1.54, 1.807) is 12.1 Å². The number of hydrogen-bond donors (Lipinski definition) is 2. The fraction of sp³-hybridized carbons (Fsp3) is 0.500. The Balaban J connectivity index is 2.28. The molecule has 1 atom stereocenters. The molecule has 1 unspecified atom stereocenters. The van der Waals surface area contributed by atoms with Gasteiger partial charge in [-0.3, -0.25) is 0 Å². The normalized spacial score (nSPS) is 20.2. The molecule has 1 aromatic rings. The van der Waals surface area contributed by atoms with Crippen molar-refractivity contribution in [2.24, 2.45) is 10.9 Å². The van der Waals surface area contributed by atoms with Crippen LogP contribution < -0.4 is 10.6 Å². The van der Waals surface area contributed by atoms with Gasteiger partial charge in [-0.15, -0.1) is 0 Å². The zero-order chi connectivity index (χ0) is 14.5. The Morgan fingerprint density at radius 2 is 2.40 bits per heavy atom. The maximum absolute atomic E-state index is 8.90. The third-order valence-electron chi connectivity index (χ3n) is 3.46. The van der Waals surface area contributed by atoms with Gasteiger partial charge in [-0.2, -0.15) is 0 Å². The molecule has 6 heteroatoms. The highest BCUT2D eigenvalue weighted by Crippen LogP contribution is 2.28. The van der Waals surface area contributed by atoms with E-state index in [1.165, 1.54) is 0 Å². The summed E-state index contributed by atoms with van der Waals surface area (Å²) in [6.45, 7) is 4.41. The number of nitrogens with two attached hydrogens (primary N) is 1. The lowest BCUT2D eigenvalue weighted by molar-refractivity contribution is 0.0526. The number of benzene rings is 1. The van der Waals surface area contributed by atoms with Gasteiger partial charge in [-0.05, 0) is 38.0 Å². The van der Waals surface area contributed by atoms with E-state index in [0.717, 1.165) is 31.6 Å². The van der Waals surface area contributed by atoms with Crippen LogP contribution in [0.25, 0.3) is 0 Å². The van der Waals surface area contributed by atoms with Crippen LogP contribution in [0.3, 0.4) is 0 Å². The number of ether oxygens (including phenoxy) is 1. The van der Waals surface area contributed by atoms with Crippen molar-refractivity contribution in [1.82, 2.24) is 0 Å². The van der Waals surface area contributed by atoms with E-state index >= 15 is 0 Å². The first-order valence-corrected chi connectivity index (χ1v) is 7.17. The zero-order valence-corrected chi connectivity index (χ0v) is 12.3. The second kappa shape index (κ2) is 6.81. The molecule has 5 nitrogen and oxygen atoms in total. The number of amidine groups is 1. The Kier molecular flexibility index (Phi) is 5.09. The fourth-order valence-corrected chi connectivity index (χ4v) is 2.73. The number of halogens is 1. The van der Waals surface area contributed by atoms with E-state index in [2.05, 4.69) is 10.1 Å². The van der Waals surface area contributed by atoms with Crippen molar-refractivity contribution in [1.29, 1.82) is 0 Å². The maximum atomic E-state index is 8.90. The summed E-state index contributed by atoms with van der Waals surface area (Å²) in [6.07, 6.45) is 2.32. The Labute approximate surface area is 124 Å². The van der Waals surface area contributed by atoms with Gasteiger partial charge in [0.15, 0.2) is 5.84 Å². The lowest BCUT2D eigenvalue weighted by Gasteiger charge is -2.35. The number of hydrogen-bond acceptors (Lipinski definition) is 4. The highest BCUT2D eigenvalue weighted by atomic mass is 35.5. The molecule has 3 N–H and O–H groups in total. The molecule has 0 spiro atoms. The van der Waals surface area contributed by atoms with E-state index < -0.39 is 0 Å². The molecule has 1 heterocycles. The Bertz CT molecular complexity index is 491. The van der Waals surface area contributed by atoms with E-state index in [-0.39, 0.29) is 11.9 Å². The summed E-state index contributed by atoms with van der Waals surface area (Å²) in [7, 11) is 0. The molecule has 1 saturated heterocycles. The molecule has 2 rings (SSSR count). The van der Waals surface area contributed by atoms with Crippen LogP contribution in [0.15, 0.2) is 23.4 Å². The van der Waals surface area contributed by atoms with Crippen molar-refractivity contribution >= 4 is 23.1 Å². The fourth-order valence-electron chi connectivity index (χ4n) is 2.57. The number of oxime groups is 1. The molecule has 0 bridgehead atoms. The molecule has 0 saturated carbocycles. The molecule has 1 aliphatic heterocycles. The van der Waals surface area contributed by atoms with E-state index in [1.807, 2.05) is 13.0 Å². The minimum atomic E-state index is 0.0928. The van der Waals surface area contributed by atoms with Gasteiger partial charge in [-0.25, -0.2) is 0 Å². The van der Waals surface area contributed by atoms with Crippen molar-refractivity contribution in [3.05, 3.63) is 28.8 Å². The number of rotatable bonds is 4. The average Bonchev–Trinajstić information content (AvgIpc) is 2.47. The molecular weight excluding hydrogens is 278 g/mol. The van der Waals surface area contributed by atoms with Gasteiger partial charge in [0.25, 0.3) is 0 Å². The van der Waals surface area contributed by atoms with Crippen LogP contribution in [0.4, 0.5) is 5.69 Å². The van der Waals surface area contributed by atoms with Crippen LogP contribution in [-0.4, -0.2) is 36.8 Å². The summed E-state index contributed by atoms with van der Waals surface area (Å²) < 4.78 is 5.71. The van der Waals surface area contributed by atoms with Crippen LogP contribution in [0, 0.1) is 0 Å². The second-order valence-electron chi connectivity index (χ2n) is 4.81. The average molecular weight is 298 g/mol. The smallest absolute Gasteiger partial charge is 0.172 e. The highest BCUT2D eigenvalue weighted by Gasteiger charge is 2.23. The van der Waals surface area contributed by atoms with E-state index in [4.69, 9.17) is 27.3 Å². The van der Waals surface area contributed by atoms with Gasteiger partial charge >= 0.3 is 0 Å². The standard InChI is InChI=1S/C14H20ClN3O2/c1-2-20-11-4-3-7-18(9-11)13-8-10(15)5-6-12(13)14(16)17-19/h5-6,8,11,19H,2-4,7,9H2,1H3,(H2,16,17). The molecule has 0 aromatic heterocycles. The van der Waals surface area contributed by atoms with Crippen LogP contribution in [-0.2, 0) is 4.74 Å². The zero-order valence-electron chi connectivity index (χ0n) is 11.6. The quantitative estimate of drug-likeness (QED) is 0.387. The number of piperidine rings is 1. The molecule has 20 heavy (non-hydrogen) atoms. The molecule has 1 aromatic carbocycles. The summed E-state index contributed by atoms with van der Waals surface area (Å²) in [6, 6.07) is 5.36. The van der Waals surface area contributed by atoms with Crippen molar-refractivity contribution in [3.63, 3.8) is 0 Å². The molecule has 1 fully saturated rings. The minimum Gasteiger partial charge on any atom is -0.409 e. The molecule has 0 aliphatic carbocycles. The largest absolute Gasteiger partial charge is 0.409 e. The summed E-state index contributed by atoms with van der Waals surface area (Å²) in [4.78, 5) is 2.18. The summed E-state index contributed by atoms with van der Waals surface area (Å²) in [5, 5.41) is 12.6. The lowest BCUT2D eigenvalue weighted by atomic mass is 10.0. The number of anilines is 1. The van der Waals surface area contributed by atoms with Crippen LogP contribution >= 0.6 is 11.6 Å². The third kappa shape index (κ3) is 3.35. The van der Waals surface area contributed by atoms with Gasteiger partial charge in [0.05, 0.1) is 6.10 Å². The van der Waals surface area contributed by atoms with Crippen molar-refractivity contribution < 1.29 is 9.94 Å². The van der Waals surface area contributed by atoms with Gasteiger partial charge in [0.2, 0.25) is 0 Å². The summed E-state index contributed by atoms with van der Waals surface area (Å²) in [5.74, 6) is 0.0928. The summed E-state index contributed by atoms with van der Waals surface area (Å²) in [5.41, 5.74) is 7.32. The van der Waals surface area contributed by atoms with Crippen molar-refractivity contribution in [2.75, 3.05) is 24.6 Å². The van der Waals surface area contributed by atoms with Crippen LogP contribution in [0.5, 0.6) is 0 Å². The summed E-state index contributed by atoms with van der Waals surface area (Å²) >= 11 is 6.08. The predicted molar refractivity (Wildman–Crippen MR) is 80.8 cm³/mol. The van der Waals surface area contributed by atoms with Gasteiger partial charge in [0.1, 0.15) is 0 Å². The van der Waals surface area contributed by atoms with E-state index in [9.17, 15) is 0 Å². The predicted octanol–water partition coefficient (Wildman–Crippen LogP) is 2.44. The Morgan fingerprint density at radius 1 is 1.60 bits per heavy atom. The molecule has 110 valence electrons. The molecular formula is C14H20ClN3O2.